The number of methoxy groups -OCH3 is 1. The molecule has 7 nitrogen and oxygen atoms in total. The van der Waals surface area contributed by atoms with Crippen LogP contribution in [-0.2, 0) is 16.1 Å². The summed E-state index contributed by atoms with van der Waals surface area (Å²) in [6.07, 6.45) is 1.80. The van der Waals surface area contributed by atoms with Gasteiger partial charge < -0.3 is 14.2 Å². The number of hydrogen-bond donors (Lipinski definition) is 0. The second-order valence-electron chi connectivity index (χ2n) is 9.02. The molecule has 1 atom stereocenters. The van der Waals surface area contributed by atoms with Crippen LogP contribution in [-0.4, -0.2) is 24.3 Å². The number of hydrogen-bond acceptors (Lipinski definition) is 7. The first-order valence-corrected chi connectivity index (χ1v) is 14.3. The van der Waals surface area contributed by atoms with Crippen LogP contribution in [0.4, 0.5) is 0 Å². The second-order valence-corrected chi connectivity index (χ2v) is 10.9. The van der Waals surface area contributed by atoms with Crippen LogP contribution in [0.25, 0.3) is 6.08 Å². The second kappa shape index (κ2) is 12.1. The van der Waals surface area contributed by atoms with E-state index in [2.05, 4.69) is 20.9 Å². The van der Waals surface area contributed by atoms with Crippen molar-refractivity contribution in [2.45, 2.75) is 26.5 Å². The molecule has 0 aliphatic carbocycles. The van der Waals surface area contributed by atoms with E-state index in [1.807, 2.05) is 72.8 Å². The number of esters is 1. The van der Waals surface area contributed by atoms with E-state index in [1.54, 1.807) is 31.6 Å². The lowest BCUT2D eigenvalue weighted by Gasteiger charge is -2.24. The smallest absolute Gasteiger partial charge is 0.338 e. The molecule has 0 saturated carbocycles. The number of nitrogens with zero attached hydrogens (tertiary/aromatic N) is 2. The molecule has 0 radical (unpaired) electrons. The fourth-order valence-electron chi connectivity index (χ4n) is 4.59. The summed E-state index contributed by atoms with van der Waals surface area (Å²) in [5.41, 5.74) is 3.23. The lowest BCUT2D eigenvalue weighted by molar-refractivity contribution is -0.139. The van der Waals surface area contributed by atoms with E-state index in [4.69, 9.17) is 14.2 Å². The number of allylic oxidation sites excluding steroid dienone is 1. The summed E-state index contributed by atoms with van der Waals surface area (Å²) < 4.78 is 19.8. The van der Waals surface area contributed by atoms with Crippen LogP contribution in [0.5, 0.6) is 11.5 Å². The van der Waals surface area contributed by atoms with Crippen molar-refractivity contribution in [2.75, 3.05) is 13.7 Å². The van der Waals surface area contributed by atoms with E-state index >= 15 is 0 Å². The molecule has 3 aromatic carbocycles. The maximum absolute atomic E-state index is 13.8. The Morgan fingerprint density at radius 2 is 1.80 bits per heavy atom. The van der Waals surface area contributed by atoms with Gasteiger partial charge in [0.2, 0.25) is 0 Å². The standard InChI is InChI=1S/C31H27BrN2O5S/c1-4-38-30(36)26-19(2)33-31-34(27(26)22-13-9-6-10-14-22)29(35)25(40-31)17-21-15-23(32)28(24(16-21)37-3)39-18-20-11-7-5-8-12-20/h5-17,27H,4,18H2,1-3H3/b25-17-. The number of carbonyl (C=O) groups is 1. The summed E-state index contributed by atoms with van der Waals surface area (Å²) in [6.45, 7) is 4.14. The van der Waals surface area contributed by atoms with Crippen LogP contribution < -0.4 is 24.4 Å². The molecule has 1 aliphatic heterocycles. The van der Waals surface area contributed by atoms with Gasteiger partial charge in [0.1, 0.15) is 6.61 Å². The molecule has 0 fully saturated rings. The number of thiazole rings is 1. The largest absolute Gasteiger partial charge is 0.493 e. The Bertz CT molecular complexity index is 1760. The maximum atomic E-state index is 13.8. The van der Waals surface area contributed by atoms with Gasteiger partial charge in [-0.3, -0.25) is 9.36 Å². The van der Waals surface area contributed by atoms with E-state index in [1.165, 1.54) is 11.3 Å². The molecule has 5 rings (SSSR count). The van der Waals surface area contributed by atoms with Crippen molar-refractivity contribution in [3.8, 4) is 11.5 Å². The number of carbonyl (C=O) groups excluding carboxylic acids is 1. The van der Waals surface area contributed by atoms with Crippen LogP contribution in [0.2, 0.25) is 0 Å². The summed E-state index contributed by atoms with van der Waals surface area (Å²) in [5, 5.41) is 0. The zero-order valence-corrected chi connectivity index (χ0v) is 24.6. The monoisotopic (exact) mass is 618 g/mol. The summed E-state index contributed by atoms with van der Waals surface area (Å²) in [4.78, 5) is 32.0. The van der Waals surface area contributed by atoms with E-state index in [9.17, 15) is 9.59 Å². The zero-order chi connectivity index (χ0) is 28.2. The molecule has 0 spiro atoms. The van der Waals surface area contributed by atoms with E-state index in [0.717, 1.165) is 16.7 Å². The van der Waals surface area contributed by atoms with E-state index in [-0.39, 0.29) is 12.2 Å². The quantitative estimate of drug-likeness (QED) is 0.255. The number of benzene rings is 3. The van der Waals surface area contributed by atoms with Gasteiger partial charge in [-0.1, -0.05) is 72.0 Å². The first kappa shape index (κ1) is 27.6. The van der Waals surface area contributed by atoms with E-state index < -0.39 is 12.0 Å². The minimum absolute atomic E-state index is 0.226. The highest BCUT2D eigenvalue weighted by molar-refractivity contribution is 9.10. The summed E-state index contributed by atoms with van der Waals surface area (Å²) in [5.74, 6) is 0.627. The molecule has 0 saturated heterocycles. The van der Waals surface area contributed by atoms with Crippen molar-refractivity contribution in [1.82, 2.24) is 4.57 Å². The molecule has 40 heavy (non-hydrogen) atoms. The minimum Gasteiger partial charge on any atom is -0.493 e. The predicted molar refractivity (Wildman–Crippen MR) is 158 cm³/mol. The molecule has 4 aromatic rings. The molecule has 0 N–H and O–H groups in total. The predicted octanol–water partition coefficient (Wildman–Crippen LogP) is 5.15. The Kier molecular flexibility index (Phi) is 8.32. The normalized spacial score (nSPS) is 14.9. The number of fused-ring (bicyclic) bond motifs is 1. The van der Waals surface area contributed by atoms with Crippen LogP contribution in [0.15, 0.2) is 98.3 Å². The van der Waals surface area contributed by atoms with Crippen LogP contribution >= 0.6 is 27.3 Å². The first-order valence-electron chi connectivity index (χ1n) is 12.7. The molecule has 204 valence electrons. The van der Waals surface area contributed by atoms with Crippen molar-refractivity contribution in [3.63, 3.8) is 0 Å². The highest BCUT2D eigenvalue weighted by Gasteiger charge is 2.33. The summed E-state index contributed by atoms with van der Waals surface area (Å²) >= 11 is 4.88. The van der Waals surface area contributed by atoms with E-state index in [0.29, 0.717) is 43.2 Å². The lowest BCUT2D eigenvalue weighted by Crippen LogP contribution is -2.39. The number of aromatic nitrogens is 1. The minimum atomic E-state index is -0.645. The Hall–Kier alpha value is -3.95. The van der Waals surface area contributed by atoms with Gasteiger partial charge >= 0.3 is 5.97 Å². The molecule has 1 aromatic heterocycles. The number of halogens is 1. The third-order valence-corrected chi connectivity index (χ3v) is 7.98. The Balaban J connectivity index is 1.58. The van der Waals surface area contributed by atoms with Crippen molar-refractivity contribution in [2.24, 2.45) is 4.99 Å². The Morgan fingerprint density at radius 1 is 1.10 bits per heavy atom. The topological polar surface area (TPSA) is 79.1 Å². The third kappa shape index (κ3) is 5.52. The molecule has 1 unspecified atom stereocenters. The number of rotatable bonds is 8. The molecule has 0 bridgehead atoms. The average Bonchev–Trinajstić information content (AvgIpc) is 3.26. The van der Waals surface area contributed by atoms with Gasteiger partial charge in [-0.2, -0.15) is 0 Å². The highest BCUT2D eigenvalue weighted by atomic mass is 79.9. The van der Waals surface area contributed by atoms with Gasteiger partial charge in [-0.05, 0) is 64.7 Å². The number of ether oxygens (including phenoxy) is 3. The lowest BCUT2D eigenvalue weighted by atomic mass is 9.96. The fraction of sp³-hybridized carbons (Fsp3) is 0.194. The fourth-order valence-corrected chi connectivity index (χ4v) is 6.21. The Morgan fingerprint density at radius 3 is 2.48 bits per heavy atom. The highest BCUT2D eigenvalue weighted by Crippen LogP contribution is 2.37. The Labute approximate surface area is 243 Å². The SMILES string of the molecule is CCOC(=O)C1=C(C)N=c2s/c(=C\c3cc(Br)c(OCc4ccccc4)c(OC)c3)c(=O)n2C1c1ccccc1. The third-order valence-electron chi connectivity index (χ3n) is 6.41. The summed E-state index contributed by atoms with van der Waals surface area (Å²) in [7, 11) is 1.58. The molecular formula is C31H27BrN2O5S. The van der Waals surface area contributed by atoms with Crippen molar-refractivity contribution < 1.29 is 19.0 Å². The van der Waals surface area contributed by atoms with Crippen molar-refractivity contribution in [3.05, 3.63) is 125 Å². The molecule has 1 aliphatic rings. The molecule has 0 amide bonds. The zero-order valence-electron chi connectivity index (χ0n) is 22.2. The van der Waals surface area contributed by atoms with Crippen molar-refractivity contribution in [1.29, 1.82) is 0 Å². The van der Waals surface area contributed by atoms with Crippen LogP contribution in [0, 0.1) is 0 Å². The maximum Gasteiger partial charge on any atom is 0.338 e. The first-order chi connectivity index (χ1) is 19.4. The summed E-state index contributed by atoms with van der Waals surface area (Å²) in [6, 6.07) is 22.4. The molecular weight excluding hydrogens is 592 g/mol. The molecule has 2 heterocycles. The van der Waals surface area contributed by atoms with Crippen LogP contribution in [0.1, 0.15) is 36.6 Å². The van der Waals surface area contributed by atoms with Gasteiger partial charge in [0.15, 0.2) is 16.3 Å². The van der Waals surface area contributed by atoms with Gasteiger partial charge in [0.25, 0.3) is 5.56 Å². The van der Waals surface area contributed by atoms with Gasteiger partial charge in [0.05, 0.1) is 40.0 Å². The van der Waals surface area contributed by atoms with Gasteiger partial charge in [-0.25, -0.2) is 9.79 Å². The van der Waals surface area contributed by atoms with Gasteiger partial charge in [-0.15, -0.1) is 0 Å². The van der Waals surface area contributed by atoms with Gasteiger partial charge in [0, 0.05) is 0 Å². The molecule has 9 heteroatoms. The van der Waals surface area contributed by atoms with Crippen molar-refractivity contribution >= 4 is 39.3 Å². The average molecular weight is 620 g/mol. The van der Waals surface area contributed by atoms with Crippen LogP contribution in [0.3, 0.4) is 0 Å².